The van der Waals surface area contributed by atoms with Crippen molar-refractivity contribution in [1.82, 2.24) is 0 Å². The first-order chi connectivity index (χ1) is 10.5. The maximum Gasteiger partial charge on any atom is 0.237 e. The van der Waals surface area contributed by atoms with Crippen molar-refractivity contribution in [2.45, 2.75) is 23.5 Å². The second-order valence-corrected chi connectivity index (χ2v) is 6.32. The Kier molecular flexibility index (Phi) is 5.61. The van der Waals surface area contributed by atoms with E-state index in [0.717, 1.165) is 10.5 Å². The zero-order valence-corrected chi connectivity index (χ0v) is 13.1. The second kappa shape index (κ2) is 7.66. The molecule has 3 N–H and O–H groups in total. The van der Waals surface area contributed by atoms with Crippen LogP contribution in [0.4, 0.5) is 5.69 Å². The van der Waals surface area contributed by atoms with Crippen LogP contribution in [0.1, 0.15) is 12.5 Å². The summed E-state index contributed by atoms with van der Waals surface area (Å²) in [5, 5.41) is 2.67. The van der Waals surface area contributed by atoms with Crippen LogP contribution in [0.15, 0.2) is 59.5 Å². The number of anilines is 1. The molecule has 0 saturated heterocycles. The standard InChI is InChI=1S/C17H18N2O2S/c1-12(22-15-5-3-2-4-6-15)17(21)19-14-9-7-13(8-10-14)11-16(18)20/h2-10,12H,11H2,1H3,(H2,18,20)(H,19,21). The van der Waals surface area contributed by atoms with Crippen LogP contribution in [0.3, 0.4) is 0 Å². The Morgan fingerprint density at radius 1 is 1.09 bits per heavy atom. The topological polar surface area (TPSA) is 72.2 Å². The lowest BCUT2D eigenvalue weighted by molar-refractivity contribution is -0.117. The van der Waals surface area contributed by atoms with E-state index in [1.807, 2.05) is 37.3 Å². The maximum absolute atomic E-state index is 12.2. The second-order valence-electron chi connectivity index (χ2n) is 4.90. The lowest BCUT2D eigenvalue weighted by Gasteiger charge is -2.12. The highest BCUT2D eigenvalue weighted by molar-refractivity contribution is 8.00. The summed E-state index contributed by atoms with van der Waals surface area (Å²) < 4.78 is 0. The summed E-state index contributed by atoms with van der Waals surface area (Å²) in [5.74, 6) is -0.429. The van der Waals surface area contributed by atoms with Gasteiger partial charge in [-0.15, -0.1) is 11.8 Å². The Bertz CT molecular complexity index is 641. The molecule has 2 rings (SSSR count). The molecule has 0 radical (unpaired) electrons. The van der Waals surface area contributed by atoms with Gasteiger partial charge in [0.05, 0.1) is 11.7 Å². The summed E-state index contributed by atoms with van der Waals surface area (Å²) in [4.78, 5) is 24.1. The molecule has 0 bridgehead atoms. The van der Waals surface area contributed by atoms with Crippen LogP contribution in [0.5, 0.6) is 0 Å². The molecule has 2 aromatic carbocycles. The number of amides is 2. The number of thioether (sulfide) groups is 1. The molecule has 0 aliphatic carbocycles. The lowest BCUT2D eigenvalue weighted by Crippen LogP contribution is -2.22. The molecule has 4 nitrogen and oxygen atoms in total. The normalized spacial score (nSPS) is 11.7. The number of carbonyl (C=O) groups excluding carboxylic acids is 2. The predicted octanol–water partition coefficient (Wildman–Crippen LogP) is 2.83. The molecule has 2 amide bonds. The fourth-order valence-electron chi connectivity index (χ4n) is 1.91. The molecule has 5 heteroatoms. The molecule has 0 aliphatic rings. The van der Waals surface area contributed by atoms with E-state index >= 15 is 0 Å². The van der Waals surface area contributed by atoms with Crippen LogP contribution in [0.25, 0.3) is 0 Å². The van der Waals surface area contributed by atoms with Crippen molar-refractivity contribution in [1.29, 1.82) is 0 Å². The quantitative estimate of drug-likeness (QED) is 0.805. The molecule has 0 aliphatic heterocycles. The number of rotatable bonds is 6. The molecule has 1 atom stereocenters. The van der Waals surface area contributed by atoms with E-state index in [0.29, 0.717) is 5.69 Å². The van der Waals surface area contributed by atoms with Gasteiger partial charge in [0.1, 0.15) is 0 Å². The molecule has 0 spiro atoms. The summed E-state index contributed by atoms with van der Waals surface area (Å²) in [5.41, 5.74) is 6.68. The Morgan fingerprint density at radius 2 is 1.73 bits per heavy atom. The highest BCUT2D eigenvalue weighted by Crippen LogP contribution is 2.23. The Hall–Kier alpha value is -2.27. The van der Waals surface area contributed by atoms with Gasteiger partial charge in [0.25, 0.3) is 0 Å². The van der Waals surface area contributed by atoms with Gasteiger partial charge in [-0.1, -0.05) is 30.3 Å². The number of nitrogens with one attached hydrogen (secondary N) is 1. The van der Waals surface area contributed by atoms with Gasteiger partial charge in [-0.05, 0) is 36.8 Å². The van der Waals surface area contributed by atoms with E-state index in [9.17, 15) is 9.59 Å². The van der Waals surface area contributed by atoms with Gasteiger partial charge < -0.3 is 11.1 Å². The van der Waals surface area contributed by atoms with Crippen LogP contribution in [-0.2, 0) is 16.0 Å². The molecule has 2 aromatic rings. The summed E-state index contributed by atoms with van der Waals surface area (Å²) >= 11 is 1.51. The Balaban J connectivity index is 1.92. The Morgan fingerprint density at radius 3 is 2.32 bits per heavy atom. The smallest absolute Gasteiger partial charge is 0.237 e. The average Bonchev–Trinajstić information content (AvgIpc) is 2.49. The van der Waals surface area contributed by atoms with E-state index in [1.54, 1.807) is 24.3 Å². The third-order valence-electron chi connectivity index (χ3n) is 3.03. The minimum absolute atomic E-state index is 0.0588. The van der Waals surface area contributed by atoms with Crippen LogP contribution in [0.2, 0.25) is 0 Å². The molecule has 1 unspecified atom stereocenters. The number of primary amides is 1. The number of nitrogens with two attached hydrogens (primary N) is 1. The van der Waals surface area contributed by atoms with Crippen LogP contribution in [0, 0.1) is 0 Å². The highest BCUT2D eigenvalue weighted by Gasteiger charge is 2.14. The number of benzene rings is 2. The summed E-state index contributed by atoms with van der Waals surface area (Å²) in [6.07, 6.45) is 0.203. The minimum Gasteiger partial charge on any atom is -0.369 e. The van der Waals surface area contributed by atoms with Gasteiger partial charge >= 0.3 is 0 Å². The summed E-state index contributed by atoms with van der Waals surface area (Å²) in [6.45, 7) is 1.87. The molecular formula is C17H18N2O2S. The van der Waals surface area contributed by atoms with Gasteiger partial charge in [0.15, 0.2) is 0 Å². The zero-order chi connectivity index (χ0) is 15.9. The van der Waals surface area contributed by atoms with Crippen molar-refractivity contribution < 1.29 is 9.59 Å². The van der Waals surface area contributed by atoms with Crippen molar-refractivity contribution in [2.75, 3.05) is 5.32 Å². The van der Waals surface area contributed by atoms with E-state index in [-0.39, 0.29) is 23.5 Å². The van der Waals surface area contributed by atoms with Gasteiger partial charge in [0.2, 0.25) is 11.8 Å². The van der Waals surface area contributed by atoms with E-state index in [4.69, 9.17) is 5.73 Å². The highest BCUT2D eigenvalue weighted by atomic mass is 32.2. The fourth-order valence-corrected chi connectivity index (χ4v) is 2.80. The average molecular weight is 314 g/mol. The number of hydrogen-bond donors (Lipinski definition) is 2. The van der Waals surface area contributed by atoms with E-state index < -0.39 is 0 Å². The van der Waals surface area contributed by atoms with Crippen molar-refractivity contribution in [3.63, 3.8) is 0 Å². The predicted molar refractivity (Wildman–Crippen MR) is 89.7 cm³/mol. The molecule has 0 aromatic heterocycles. The first-order valence-electron chi connectivity index (χ1n) is 6.94. The molecule has 0 heterocycles. The SMILES string of the molecule is CC(Sc1ccccc1)C(=O)Nc1ccc(CC(N)=O)cc1. The lowest BCUT2D eigenvalue weighted by atomic mass is 10.1. The van der Waals surface area contributed by atoms with Crippen molar-refractivity contribution in [3.05, 3.63) is 60.2 Å². The third kappa shape index (κ3) is 4.93. The number of hydrogen-bond acceptors (Lipinski definition) is 3. The van der Waals surface area contributed by atoms with Crippen molar-refractivity contribution in [2.24, 2.45) is 5.73 Å². The third-order valence-corrected chi connectivity index (χ3v) is 4.14. The molecule has 22 heavy (non-hydrogen) atoms. The van der Waals surface area contributed by atoms with Gasteiger partial charge in [-0.25, -0.2) is 0 Å². The van der Waals surface area contributed by atoms with E-state index in [2.05, 4.69) is 5.32 Å². The van der Waals surface area contributed by atoms with Gasteiger partial charge in [0, 0.05) is 10.6 Å². The Labute approximate surface area is 134 Å². The first kappa shape index (κ1) is 16.1. The van der Waals surface area contributed by atoms with Crippen LogP contribution in [-0.4, -0.2) is 17.1 Å². The summed E-state index contributed by atoms with van der Waals surface area (Å²) in [7, 11) is 0. The molecule has 0 saturated carbocycles. The zero-order valence-electron chi connectivity index (χ0n) is 12.3. The van der Waals surface area contributed by atoms with Crippen LogP contribution < -0.4 is 11.1 Å². The number of carbonyl (C=O) groups is 2. The first-order valence-corrected chi connectivity index (χ1v) is 7.82. The maximum atomic E-state index is 12.2. The van der Waals surface area contributed by atoms with Crippen molar-refractivity contribution in [3.8, 4) is 0 Å². The largest absolute Gasteiger partial charge is 0.369 e. The van der Waals surface area contributed by atoms with Crippen LogP contribution >= 0.6 is 11.8 Å². The molecule has 114 valence electrons. The van der Waals surface area contributed by atoms with Gasteiger partial charge in [-0.3, -0.25) is 9.59 Å². The van der Waals surface area contributed by atoms with E-state index in [1.165, 1.54) is 11.8 Å². The monoisotopic (exact) mass is 314 g/mol. The fraction of sp³-hybridized carbons (Fsp3) is 0.176. The molecule has 0 fully saturated rings. The minimum atomic E-state index is -0.371. The van der Waals surface area contributed by atoms with Gasteiger partial charge in [-0.2, -0.15) is 0 Å². The summed E-state index contributed by atoms with van der Waals surface area (Å²) in [6, 6.07) is 16.9. The molecular weight excluding hydrogens is 296 g/mol. The van der Waals surface area contributed by atoms with Crippen molar-refractivity contribution >= 4 is 29.3 Å².